The molecule has 0 bridgehead atoms. The van der Waals surface area contributed by atoms with Crippen molar-refractivity contribution in [3.63, 3.8) is 0 Å². The molecule has 0 atom stereocenters. The van der Waals surface area contributed by atoms with Crippen LogP contribution in [-0.4, -0.2) is 25.3 Å². The summed E-state index contributed by atoms with van der Waals surface area (Å²) in [5, 5.41) is 14.3. The molecular weight excluding hydrogens is 372 g/mol. The second kappa shape index (κ2) is 7.88. The highest BCUT2D eigenvalue weighted by atomic mass is 15.3. The number of hydrogen-bond donors (Lipinski definition) is 2. The summed E-state index contributed by atoms with van der Waals surface area (Å²) < 4.78 is 2.06. The Morgan fingerprint density at radius 3 is 2.57 bits per heavy atom. The molecule has 2 aromatic heterocycles. The Bertz CT molecular complexity index is 1290. The minimum absolute atomic E-state index is 0.664. The van der Waals surface area contributed by atoms with Crippen molar-refractivity contribution in [2.24, 2.45) is 5.10 Å². The Kier molecular flexibility index (Phi) is 5.11. The molecule has 2 N–H and O–H groups in total. The highest BCUT2D eigenvalue weighted by Crippen LogP contribution is 2.25. The van der Waals surface area contributed by atoms with E-state index in [1.165, 1.54) is 0 Å². The Balaban J connectivity index is 1.82. The molecule has 4 aromatic rings. The van der Waals surface area contributed by atoms with Crippen LogP contribution in [0.25, 0.3) is 16.7 Å². The highest BCUT2D eigenvalue weighted by Gasteiger charge is 2.24. The Morgan fingerprint density at radius 1 is 1.17 bits per heavy atom. The summed E-state index contributed by atoms with van der Waals surface area (Å²) in [6.45, 7) is 4.09. The summed E-state index contributed by atoms with van der Waals surface area (Å²) in [5.74, 6) is 0.877. The van der Waals surface area contributed by atoms with Gasteiger partial charge in [0.05, 0.1) is 6.21 Å². The van der Waals surface area contributed by atoms with Crippen LogP contribution in [0.5, 0.6) is 0 Å². The maximum atomic E-state index is 9.80. The quantitative estimate of drug-likeness (QED) is 0.302. The van der Waals surface area contributed by atoms with E-state index in [9.17, 15) is 5.26 Å². The molecule has 0 saturated carbocycles. The lowest BCUT2D eigenvalue weighted by Crippen LogP contribution is -2.28. The number of pyridine rings is 1. The molecule has 0 unspecified atom stereocenters. The zero-order valence-electron chi connectivity index (χ0n) is 17.7. The van der Waals surface area contributed by atoms with Gasteiger partial charge in [0.15, 0.2) is 0 Å². The minimum atomic E-state index is 0.664. The molecule has 0 amide bonds. The molecule has 30 heavy (non-hydrogen) atoms. The first-order valence-electron chi connectivity index (χ1n) is 9.99. The largest absolute Gasteiger partial charge is 0.378 e. The molecule has 4 rings (SSSR count). The fraction of sp³-hybridized carbons (Fsp3) is 0.208. The molecular formula is C24H25N6+. The van der Waals surface area contributed by atoms with Crippen molar-refractivity contribution in [1.29, 1.82) is 5.26 Å². The molecule has 2 heterocycles. The average molecular weight is 398 g/mol. The lowest BCUT2D eigenvalue weighted by atomic mass is 10.0. The third kappa shape index (κ3) is 3.25. The van der Waals surface area contributed by atoms with Crippen molar-refractivity contribution in [2.75, 3.05) is 24.4 Å². The number of anilines is 2. The second-order valence-electron chi connectivity index (χ2n) is 7.47. The molecule has 0 saturated heterocycles. The van der Waals surface area contributed by atoms with Gasteiger partial charge < -0.3 is 4.90 Å². The fourth-order valence-corrected chi connectivity index (χ4v) is 3.84. The number of fused-ring (bicyclic) bond motifs is 3. The Hall–Kier alpha value is -3.85. The topological polar surface area (TPSA) is 71.3 Å². The van der Waals surface area contributed by atoms with E-state index in [2.05, 4.69) is 49.9 Å². The van der Waals surface area contributed by atoms with Gasteiger partial charge in [-0.3, -0.25) is 4.98 Å². The van der Waals surface area contributed by atoms with Crippen LogP contribution < -0.4 is 14.7 Å². The smallest absolute Gasteiger partial charge is 0.253 e. The lowest BCUT2D eigenvalue weighted by molar-refractivity contribution is -0.465. The van der Waals surface area contributed by atoms with E-state index in [0.717, 1.165) is 51.3 Å². The zero-order chi connectivity index (χ0) is 21.3. The van der Waals surface area contributed by atoms with Gasteiger partial charge in [0.2, 0.25) is 5.65 Å². The summed E-state index contributed by atoms with van der Waals surface area (Å²) >= 11 is 0. The lowest BCUT2D eigenvalue weighted by Gasteiger charge is -2.11. The Morgan fingerprint density at radius 2 is 1.90 bits per heavy atom. The van der Waals surface area contributed by atoms with Crippen LogP contribution in [0.3, 0.4) is 0 Å². The number of hydrogen-bond acceptors (Lipinski definition) is 4. The normalized spacial score (nSPS) is 11.3. The summed E-state index contributed by atoms with van der Waals surface area (Å²) in [7, 11) is 4.04. The first-order chi connectivity index (χ1) is 14.5. The average Bonchev–Trinajstić information content (AvgIpc) is 3.13. The summed E-state index contributed by atoms with van der Waals surface area (Å²) in [4.78, 5) is 5.46. The summed E-state index contributed by atoms with van der Waals surface area (Å²) in [6.07, 6.45) is 2.60. The van der Waals surface area contributed by atoms with Gasteiger partial charge in [0.25, 0.3) is 5.82 Å². The van der Waals surface area contributed by atoms with Crippen molar-refractivity contribution in [3.05, 3.63) is 70.8 Å². The van der Waals surface area contributed by atoms with Gasteiger partial charge in [-0.25, -0.2) is 0 Å². The van der Waals surface area contributed by atoms with E-state index < -0.39 is 0 Å². The number of H-pyrrole nitrogens is 1. The van der Waals surface area contributed by atoms with Crippen LogP contribution in [0.4, 0.5) is 11.5 Å². The molecule has 6 nitrogen and oxygen atoms in total. The number of hydrazone groups is 1. The number of benzene rings is 2. The molecule has 150 valence electrons. The monoisotopic (exact) mass is 397 g/mol. The maximum Gasteiger partial charge on any atom is 0.253 e. The standard InChI is InChI=1S/C24H24N6/c1-5-19-16(2)20(14-25)23-27-21-8-6-7-9-22(21)30(23)24(19)28-26-15-17-10-12-18(13-11-17)29(3)4/h6-13,15H,5H2,1-4H3,(H,27,28)/p+1. The van der Waals surface area contributed by atoms with Crippen LogP contribution >= 0.6 is 0 Å². The van der Waals surface area contributed by atoms with Gasteiger partial charge in [-0.2, -0.15) is 15.1 Å². The van der Waals surface area contributed by atoms with Gasteiger partial charge in [-0.1, -0.05) is 31.2 Å². The zero-order valence-corrected chi connectivity index (χ0v) is 17.7. The number of nitriles is 1. The predicted octanol–water partition coefficient (Wildman–Crippen LogP) is 4.16. The third-order valence-electron chi connectivity index (χ3n) is 5.45. The van der Waals surface area contributed by atoms with Gasteiger partial charge >= 0.3 is 0 Å². The van der Waals surface area contributed by atoms with E-state index in [1.54, 1.807) is 0 Å². The van der Waals surface area contributed by atoms with Crippen LogP contribution in [0.15, 0.2) is 53.6 Å². The number of nitrogens with zero attached hydrogens (tertiary/aromatic N) is 4. The van der Waals surface area contributed by atoms with Crippen LogP contribution in [0, 0.1) is 18.3 Å². The van der Waals surface area contributed by atoms with E-state index in [0.29, 0.717) is 5.56 Å². The van der Waals surface area contributed by atoms with Crippen molar-refractivity contribution in [1.82, 2.24) is 4.98 Å². The first-order valence-corrected chi connectivity index (χ1v) is 9.99. The molecule has 0 aliphatic heterocycles. The minimum Gasteiger partial charge on any atom is -0.378 e. The molecule has 0 fully saturated rings. The van der Waals surface area contributed by atoms with Gasteiger partial charge in [0, 0.05) is 25.3 Å². The molecule has 2 aromatic carbocycles. The van der Waals surface area contributed by atoms with E-state index in [1.807, 2.05) is 63.6 Å². The highest BCUT2D eigenvalue weighted by molar-refractivity contribution is 5.81. The number of aromatic amines is 1. The van der Waals surface area contributed by atoms with Crippen LogP contribution in [0.1, 0.15) is 29.2 Å². The van der Waals surface area contributed by atoms with Gasteiger partial charge in [-0.05, 0) is 48.7 Å². The van der Waals surface area contributed by atoms with E-state index in [4.69, 9.17) is 0 Å². The third-order valence-corrected chi connectivity index (χ3v) is 5.45. The predicted molar refractivity (Wildman–Crippen MR) is 122 cm³/mol. The van der Waals surface area contributed by atoms with Gasteiger partial charge in [-0.15, -0.1) is 5.10 Å². The summed E-state index contributed by atoms with van der Waals surface area (Å²) in [6, 6.07) is 18.6. The molecule has 0 spiro atoms. The first kappa shape index (κ1) is 19.5. The number of aromatic nitrogens is 2. The van der Waals surface area contributed by atoms with Crippen LogP contribution in [-0.2, 0) is 6.42 Å². The van der Waals surface area contributed by atoms with Crippen molar-refractivity contribution >= 4 is 34.4 Å². The molecule has 6 heteroatoms. The second-order valence-corrected chi connectivity index (χ2v) is 7.47. The number of imidazole rings is 1. The SMILES string of the molecule is CCc1c(C)c(C#N)c2[nH]c3ccccc3[n+]2c1NN=Cc1ccc(N(C)C)cc1. The molecule has 0 aliphatic rings. The van der Waals surface area contributed by atoms with Crippen LogP contribution in [0.2, 0.25) is 0 Å². The van der Waals surface area contributed by atoms with Crippen molar-refractivity contribution in [3.8, 4) is 6.07 Å². The van der Waals surface area contributed by atoms with Gasteiger partial charge in [0.1, 0.15) is 22.7 Å². The number of para-hydroxylation sites is 2. The van der Waals surface area contributed by atoms with E-state index in [-0.39, 0.29) is 0 Å². The molecule has 0 radical (unpaired) electrons. The summed E-state index contributed by atoms with van der Waals surface area (Å²) in [5.41, 5.74) is 10.9. The van der Waals surface area contributed by atoms with Crippen molar-refractivity contribution < 1.29 is 4.40 Å². The van der Waals surface area contributed by atoms with E-state index >= 15 is 0 Å². The molecule has 0 aliphatic carbocycles. The van der Waals surface area contributed by atoms with Crippen molar-refractivity contribution in [2.45, 2.75) is 20.3 Å². The maximum absolute atomic E-state index is 9.80. The number of rotatable bonds is 5. The number of nitrogens with one attached hydrogen (secondary N) is 2. The fourth-order valence-electron chi connectivity index (χ4n) is 3.84. The Labute approximate surface area is 176 Å².